The zero-order valence-electron chi connectivity index (χ0n) is 10.2. The average Bonchev–Trinajstić information content (AvgIpc) is 2.85. The van der Waals surface area contributed by atoms with Gasteiger partial charge in [0.15, 0.2) is 0 Å². The van der Waals surface area contributed by atoms with Gasteiger partial charge in [-0.3, -0.25) is 4.79 Å². The van der Waals surface area contributed by atoms with E-state index in [0.29, 0.717) is 11.8 Å². The summed E-state index contributed by atoms with van der Waals surface area (Å²) < 4.78 is 0. The Morgan fingerprint density at radius 3 is 2.41 bits per heavy atom. The molecule has 0 aromatic carbocycles. The van der Waals surface area contributed by atoms with E-state index in [1.54, 1.807) is 13.8 Å². The summed E-state index contributed by atoms with van der Waals surface area (Å²) in [6.07, 6.45) is 6.20. The standard InChI is InChI=1S/C13H19NO3/c1-7(2)11(13(16)17)14-12(15)10-6-8-3-4-9(10)5-8/h3-4,7-11H,5-6H2,1-2H3,(H,14,15)(H,16,17)/t8?,9?,10?,11-/m1/s1. The van der Waals surface area contributed by atoms with Crippen molar-refractivity contribution in [2.24, 2.45) is 23.7 Å². The molecule has 2 rings (SSSR count). The van der Waals surface area contributed by atoms with Crippen molar-refractivity contribution in [2.75, 3.05) is 0 Å². The molecule has 4 heteroatoms. The molecule has 1 amide bonds. The summed E-state index contributed by atoms with van der Waals surface area (Å²) in [5.41, 5.74) is 0. The maximum absolute atomic E-state index is 12.0. The minimum Gasteiger partial charge on any atom is -0.480 e. The monoisotopic (exact) mass is 237 g/mol. The number of carbonyl (C=O) groups is 2. The number of nitrogens with one attached hydrogen (secondary N) is 1. The third-order valence-corrected chi connectivity index (χ3v) is 3.85. The number of hydrogen-bond acceptors (Lipinski definition) is 2. The molecule has 0 heterocycles. The lowest BCUT2D eigenvalue weighted by Gasteiger charge is -2.23. The molecule has 0 aliphatic heterocycles. The van der Waals surface area contributed by atoms with Crippen LogP contribution in [0.1, 0.15) is 26.7 Å². The number of carbonyl (C=O) groups excluding carboxylic acids is 1. The molecular formula is C13H19NO3. The first kappa shape index (κ1) is 12.1. The largest absolute Gasteiger partial charge is 0.480 e. The minimum absolute atomic E-state index is 0.0226. The first-order valence-electron chi connectivity index (χ1n) is 6.20. The highest BCUT2D eigenvalue weighted by molar-refractivity contribution is 5.85. The minimum atomic E-state index is -0.952. The van der Waals surface area contributed by atoms with Crippen LogP contribution in [-0.4, -0.2) is 23.0 Å². The van der Waals surface area contributed by atoms with E-state index in [4.69, 9.17) is 5.11 Å². The molecule has 4 nitrogen and oxygen atoms in total. The van der Waals surface area contributed by atoms with Gasteiger partial charge < -0.3 is 10.4 Å². The number of aliphatic carboxylic acids is 1. The Bertz CT molecular complexity index is 362. The van der Waals surface area contributed by atoms with E-state index < -0.39 is 12.0 Å². The van der Waals surface area contributed by atoms with Crippen molar-refractivity contribution in [1.82, 2.24) is 5.32 Å². The van der Waals surface area contributed by atoms with Gasteiger partial charge in [-0.05, 0) is 30.6 Å². The highest BCUT2D eigenvalue weighted by Gasteiger charge is 2.40. The second-order valence-corrected chi connectivity index (χ2v) is 5.46. The van der Waals surface area contributed by atoms with Crippen LogP contribution in [0.2, 0.25) is 0 Å². The summed E-state index contributed by atoms with van der Waals surface area (Å²) in [5, 5.41) is 11.7. The number of carboxylic acids is 1. The first-order chi connectivity index (χ1) is 7.99. The first-order valence-corrected chi connectivity index (χ1v) is 6.20. The average molecular weight is 237 g/mol. The smallest absolute Gasteiger partial charge is 0.326 e. The summed E-state index contributed by atoms with van der Waals surface area (Å²) in [5.74, 6) is -0.314. The van der Waals surface area contributed by atoms with Crippen LogP contribution in [0.3, 0.4) is 0 Å². The third-order valence-electron chi connectivity index (χ3n) is 3.85. The predicted octanol–water partition coefficient (Wildman–Crippen LogP) is 1.42. The van der Waals surface area contributed by atoms with Crippen LogP contribution < -0.4 is 5.32 Å². The van der Waals surface area contributed by atoms with Gasteiger partial charge in [-0.2, -0.15) is 0 Å². The molecule has 4 atom stereocenters. The van der Waals surface area contributed by atoms with E-state index in [9.17, 15) is 9.59 Å². The summed E-state index contributed by atoms with van der Waals surface area (Å²) in [7, 11) is 0. The molecule has 2 aliphatic rings. The lowest BCUT2D eigenvalue weighted by atomic mass is 9.92. The van der Waals surface area contributed by atoms with Gasteiger partial charge in [0.1, 0.15) is 6.04 Å². The molecule has 2 bridgehead atoms. The van der Waals surface area contributed by atoms with E-state index in [-0.39, 0.29) is 17.7 Å². The van der Waals surface area contributed by atoms with Gasteiger partial charge in [0.25, 0.3) is 0 Å². The Labute approximate surface area is 101 Å². The number of carboxylic acid groups (broad SMARTS) is 1. The number of fused-ring (bicyclic) bond motifs is 2. The Kier molecular flexibility index (Phi) is 3.22. The van der Waals surface area contributed by atoms with Gasteiger partial charge in [-0.15, -0.1) is 0 Å². The molecular weight excluding hydrogens is 218 g/mol. The molecule has 3 unspecified atom stereocenters. The lowest BCUT2D eigenvalue weighted by Crippen LogP contribution is -2.47. The zero-order valence-corrected chi connectivity index (χ0v) is 10.2. The predicted molar refractivity (Wildman–Crippen MR) is 63.2 cm³/mol. The van der Waals surface area contributed by atoms with Gasteiger partial charge in [-0.1, -0.05) is 26.0 Å². The van der Waals surface area contributed by atoms with Crippen molar-refractivity contribution in [3.8, 4) is 0 Å². The topological polar surface area (TPSA) is 66.4 Å². The van der Waals surface area contributed by atoms with E-state index in [2.05, 4.69) is 17.5 Å². The number of allylic oxidation sites excluding steroid dienone is 2. The van der Waals surface area contributed by atoms with Crippen LogP contribution in [0.25, 0.3) is 0 Å². The van der Waals surface area contributed by atoms with Crippen molar-refractivity contribution in [2.45, 2.75) is 32.7 Å². The van der Waals surface area contributed by atoms with Gasteiger partial charge >= 0.3 is 5.97 Å². The van der Waals surface area contributed by atoms with Gasteiger partial charge in [0.05, 0.1) is 0 Å². The van der Waals surface area contributed by atoms with Crippen LogP contribution in [0.4, 0.5) is 0 Å². The molecule has 17 heavy (non-hydrogen) atoms. The Morgan fingerprint density at radius 2 is 2.00 bits per heavy atom. The van der Waals surface area contributed by atoms with Gasteiger partial charge in [-0.25, -0.2) is 4.79 Å². The lowest BCUT2D eigenvalue weighted by molar-refractivity contribution is -0.143. The van der Waals surface area contributed by atoms with Crippen molar-refractivity contribution in [3.05, 3.63) is 12.2 Å². The van der Waals surface area contributed by atoms with Gasteiger partial charge in [0.2, 0.25) is 5.91 Å². The summed E-state index contributed by atoms with van der Waals surface area (Å²) in [6.45, 7) is 3.61. The number of amides is 1. The molecule has 0 aromatic rings. The van der Waals surface area contributed by atoms with Crippen LogP contribution in [-0.2, 0) is 9.59 Å². The van der Waals surface area contributed by atoms with E-state index >= 15 is 0 Å². The second-order valence-electron chi connectivity index (χ2n) is 5.46. The molecule has 1 saturated carbocycles. The maximum Gasteiger partial charge on any atom is 0.326 e. The quantitative estimate of drug-likeness (QED) is 0.727. The molecule has 0 spiro atoms. The molecule has 0 aromatic heterocycles. The van der Waals surface area contributed by atoms with E-state index in [1.807, 2.05) is 0 Å². The molecule has 2 aliphatic carbocycles. The third kappa shape index (κ3) is 2.35. The van der Waals surface area contributed by atoms with Gasteiger partial charge in [0, 0.05) is 5.92 Å². The zero-order chi connectivity index (χ0) is 12.6. The second kappa shape index (κ2) is 4.51. The maximum atomic E-state index is 12.0. The summed E-state index contributed by atoms with van der Waals surface area (Å²) in [4.78, 5) is 23.1. The van der Waals surface area contributed by atoms with Crippen molar-refractivity contribution in [1.29, 1.82) is 0 Å². The van der Waals surface area contributed by atoms with Crippen LogP contribution in [0.15, 0.2) is 12.2 Å². The SMILES string of the molecule is CC(C)[C@@H](NC(=O)C1CC2C=CC1C2)C(=O)O. The van der Waals surface area contributed by atoms with Crippen molar-refractivity contribution < 1.29 is 14.7 Å². The van der Waals surface area contributed by atoms with Crippen LogP contribution in [0, 0.1) is 23.7 Å². The number of rotatable bonds is 4. The van der Waals surface area contributed by atoms with Crippen molar-refractivity contribution in [3.63, 3.8) is 0 Å². The number of hydrogen-bond donors (Lipinski definition) is 2. The van der Waals surface area contributed by atoms with E-state index in [1.165, 1.54) is 0 Å². The fourth-order valence-electron chi connectivity index (χ4n) is 2.86. The normalized spacial score (nSPS) is 31.8. The van der Waals surface area contributed by atoms with Crippen LogP contribution in [0.5, 0.6) is 0 Å². The Morgan fingerprint density at radius 1 is 1.29 bits per heavy atom. The fourth-order valence-corrected chi connectivity index (χ4v) is 2.86. The summed E-state index contributed by atoms with van der Waals surface area (Å²) >= 11 is 0. The van der Waals surface area contributed by atoms with E-state index in [0.717, 1.165) is 12.8 Å². The molecule has 2 N–H and O–H groups in total. The van der Waals surface area contributed by atoms with Crippen LogP contribution >= 0.6 is 0 Å². The molecule has 1 fully saturated rings. The molecule has 94 valence electrons. The fraction of sp³-hybridized carbons (Fsp3) is 0.692. The highest BCUT2D eigenvalue weighted by atomic mass is 16.4. The van der Waals surface area contributed by atoms with Crippen molar-refractivity contribution >= 4 is 11.9 Å². The highest BCUT2D eigenvalue weighted by Crippen LogP contribution is 2.43. The Balaban J connectivity index is 1.97. The summed E-state index contributed by atoms with van der Waals surface area (Å²) in [6, 6.07) is -0.773. The molecule has 0 radical (unpaired) electrons. The Hall–Kier alpha value is -1.32. The molecule has 0 saturated heterocycles.